The van der Waals surface area contributed by atoms with E-state index in [0.29, 0.717) is 15.9 Å². The highest BCUT2D eigenvalue weighted by Crippen LogP contribution is 2.35. The Morgan fingerprint density at radius 2 is 2.11 bits per heavy atom. The van der Waals surface area contributed by atoms with Crippen LogP contribution in [0.2, 0.25) is 0 Å². The van der Waals surface area contributed by atoms with Gasteiger partial charge in [-0.2, -0.15) is 13.2 Å². The molecule has 3 nitrogen and oxygen atoms in total. The molecule has 102 valence electrons. The Kier molecular flexibility index (Phi) is 4.10. The number of aromatic nitrogens is 2. The van der Waals surface area contributed by atoms with E-state index in [1.54, 1.807) is 18.4 Å². The minimum atomic E-state index is -4.57. The van der Waals surface area contributed by atoms with Crippen molar-refractivity contribution in [2.75, 3.05) is 11.9 Å². The SMILES string of the molecule is CCNc1cc(-c2sccc2Br)nc(C(F)(F)F)n1. The first kappa shape index (κ1) is 14.3. The van der Waals surface area contributed by atoms with Gasteiger partial charge in [0, 0.05) is 17.1 Å². The molecule has 0 aromatic carbocycles. The fourth-order valence-corrected chi connectivity index (χ4v) is 2.98. The van der Waals surface area contributed by atoms with Crippen molar-refractivity contribution in [1.82, 2.24) is 9.97 Å². The van der Waals surface area contributed by atoms with Gasteiger partial charge in [-0.25, -0.2) is 9.97 Å². The first-order valence-electron chi connectivity index (χ1n) is 5.35. The van der Waals surface area contributed by atoms with E-state index < -0.39 is 12.0 Å². The van der Waals surface area contributed by atoms with Gasteiger partial charge in [-0.15, -0.1) is 11.3 Å². The van der Waals surface area contributed by atoms with Crippen molar-refractivity contribution in [2.45, 2.75) is 13.1 Å². The molecule has 1 N–H and O–H groups in total. The molecule has 2 aromatic heterocycles. The van der Waals surface area contributed by atoms with Gasteiger partial charge in [0.2, 0.25) is 5.82 Å². The fraction of sp³-hybridized carbons (Fsp3) is 0.273. The molecule has 19 heavy (non-hydrogen) atoms. The lowest BCUT2D eigenvalue weighted by Gasteiger charge is -2.10. The van der Waals surface area contributed by atoms with Crippen LogP contribution in [0.1, 0.15) is 12.7 Å². The summed E-state index contributed by atoms with van der Waals surface area (Å²) >= 11 is 4.61. The van der Waals surface area contributed by atoms with Gasteiger partial charge in [-0.3, -0.25) is 0 Å². The predicted molar refractivity (Wildman–Crippen MR) is 72.2 cm³/mol. The van der Waals surface area contributed by atoms with Gasteiger partial charge in [0.1, 0.15) is 5.82 Å². The maximum atomic E-state index is 12.8. The number of halogens is 4. The maximum absolute atomic E-state index is 12.8. The van der Waals surface area contributed by atoms with E-state index in [4.69, 9.17) is 0 Å². The number of nitrogens with zero attached hydrogens (tertiary/aromatic N) is 2. The molecule has 8 heteroatoms. The highest BCUT2D eigenvalue weighted by atomic mass is 79.9. The summed E-state index contributed by atoms with van der Waals surface area (Å²) in [6, 6.07) is 3.28. The molecule has 0 saturated carbocycles. The zero-order chi connectivity index (χ0) is 14.0. The number of hydrogen-bond acceptors (Lipinski definition) is 4. The highest BCUT2D eigenvalue weighted by Gasteiger charge is 2.35. The van der Waals surface area contributed by atoms with Gasteiger partial charge >= 0.3 is 6.18 Å². The van der Waals surface area contributed by atoms with E-state index in [0.717, 1.165) is 0 Å². The Hall–Kier alpha value is -1.15. The van der Waals surface area contributed by atoms with Crippen molar-refractivity contribution in [3.63, 3.8) is 0 Å². The first-order chi connectivity index (χ1) is 8.91. The molecule has 2 heterocycles. The van der Waals surface area contributed by atoms with E-state index in [1.165, 1.54) is 17.4 Å². The molecule has 0 bridgehead atoms. The molecule has 0 aliphatic rings. The van der Waals surface area contributed by atoms with Crippen molar-refractivity contribution in [1.29, 1.82) is 0 Å². The second-order valence-electron chi connectivity index (χ2n) is 3.59. The lowest BCUT2D eigenvalue weighted by molar-refractivity contribution is -0.144. The van der Waals surface area contributed by atoms with Crippen LogP contribution in [0.5, 0.6) is 0 Å². The number of nitrogens with one attached hydrogen (secondary N) is 1. The minimum Gasteiger partial charge on any atom is -0.370 e. The number of alkyl halides is 3. The summed E-state index contributed by atoms with van der Waals surface area (Å²) in [6.45, 7) is 2.27. The number of anilines is 1. The molecule has 0 unspecified atom stereocenters. The van der Waals surface area contributed by atoms with Gasteiger partial charge in [-0.05, 0) is 34.3 Å². The normalized spacial score (nSPS) is 11.6. The van der Waals surface area contributed by atoms with E-state index >= 15 is 0 Å². The fourth-order valence-electron chi connectivity index (χ4n) is 1.44. The second kappa shape index (κ2) is 5.46. The van der Waals surface area contributed by atoms with Gasteiger partial charge in [0.25, 0.3) is 0 Å². The maximum Gasteiger partial charge on any atom is 0.451 e. The molecule has 0 amide bonds. The zero-order valence-corrected chi connectivity index (χ0v) is 12.2. The molecular formula is C11H9BrF3N3S. The van der Waals surface area contributed by atoms with E-state index in [1.807, 2.05) is 0 Å². The molecule has 0 atom stereocenters. The van der Waals surface area contributed by atoms with E-state index in [2.05, 4.69) is 31.2 Å². The van der Waals surface area contributed by atoms with Crippen LogP contribution in [-0.4, -0.2) is 16.5 Å². The lowest BCUT2D eigenvalue weighted by Crippen LogP contribution is -2.13. The Morgan fingerprint density at radius 3 is 2.63 bits per heavy atom. The molecule has 0 aliphatic carbocycles. The third kappa shape index (κ3) is 3.24. The molecule has 0 radical (unpaired) electrons. The summed E-state index contributed by atoms with van der Waals surface area (Å²) in [7, 11) is 0. The van der Waals surface area contributed by atoms with Crippen molar-refractivity contribution in [3.8, 4) is 10.6 Å². The van der Waals surface area contributed by atoms with Crippen LogP contribution in [0.4, 0.5) is 19.0 Å². The Morgan fingerprint density at radius 1 is 1.37 bits per heavy atom. The van der Waals surface area contributed by atoms with Crippen LogP contribution in [0.25, 0.3) is 10.6 Å². The molecule has 0 aliphatic heterocycles. The molecule has 0 fully saturated rings. The molecule has 0 spiro atoms. The van der Waals surface area contributed by atoms with Crippen molar-refractivity contribution in [2.24, 2.45) is 0 Å². The standard InChI is InChI=1S/C11H9BrF3N3S/c1-2-16-8-5-7(9-6(12)3-4-19-9)17-10(18-8)11(13,14)15/h3-5H,2H2,1H3,(H,16,17,18). The molecular weight excluding hydrogens is 343 g/mol. The van der Waals surface area contributed by atoms with Crippen LogP contribution in [0, 0.1) is 0 Å². The first-order valence-corrected chi connectivity index (χ1v) is 7.02. The Bertz CT molecular complexity index is 583. The second-order valence-corrected chi connectivity index (χ2v) is 5.36. The van der Waals surface area contributed by atoms with Crippen molar-refractivity contribution >= 4 is 33.1 Å². The van der Waals surface area contributed by atoms with Gasteiger partial charge < -0.3 is 5.32 Å². The number of rotatable bonds is 3. The van der Waals surface area contributed by atoms with Gasteiger partial charge in [-0.1, -0.05) is 0 Å². The summed E-state index contributed by atoms with van der Waals surface area (Å²) in [4.78, 5) is 7.72. The largest absolute Gasteiger partial charge is 0.451 e. The van der Waals surface area contributed by atoms with Crippen LogP contribution in [-0.2, 0) is 6.18 Å². The number of thiophene rings is 1. The lowest BCUT2D eigenvalue weighted by atomic mass is 10.3. The monoisotopic (exact) mass is 351 g/mol. The summed E-state index contributed by atoms with van der Waals surface area (Å²) in [6.07, 6.45) is -4.57. The van der Waals surface area contributed by atoms with Gasteiger partial charge in [0.05, 0.1) is 10.6 Å². The van der Waals surface area contributed by atoms with Crippen LogP contribution >= 0.6 is 27.3 Å². The predicted octanol–water partition coefficient (Wildman–Crippen LogP) is 4.42. The minimum absolute atomic E-state index is 0.167. The van der Waals surface area contributed by atoms with Crippen molar-refractivity contribution < 1.29 is 13.2 Å². The zero-order valence-electron chi connectivity index (χ0n) is 9.75. The van der Waals surface area contributed by atoms with E-state index in [9.17, 15) is 13.2 Å². The average Bonchev–Trinajstić information content (AvgIpc) is 2.74. The quantitative estimate of drug-likeness (QED) is 0.889. The Labute approximate surface area is 120 Å². The van der Waals surface area contributed by atoms with Crippen LogP contribution in [0.3, 0.4) is 0 Å². The topological polar surface area (TPSA) is 37.8 Å². The summed E-state index contributed by atoms with van der Waals surface area (Å²) in [5.74, 6) is -0.971. The molecule has 0 saturated heterocycles. The summed E-state index contributed by atoms with van der Waals surface area (Å²) in [5.41, 5.74) is 0.250. The summed E-state index contributed by atoms with van der Waals surface area (Å²) in [5, 5.41) is 4.56. The average molecular weight is 352 g/mol. The van der Waals surface area contributed by atoms with Crippen molar-refractivity contribution in [3.05, 3.63) is 27.8 Å². The smallest absolute Gasteiger partial charge is 0.370 e. The third-order valence-corrected chi connectivity index (χ3v) is 4.05. The Balaban J connectivity index is 2.55. The molecule has 2 aromatic rings. The van der Waals surface area contributed by atoms with Gasteiger partial charge in [0.15, 0.2) is 0 Å². The number of hydrogen-bond donors (Lipinski definition) is 1. The highest BCUT2D eigenvalue weighted by molar-refractivity contribution is 9.10. The van der Waals surface area contributed by atoms with E-state index in [-0.39, 0.29) is 11.5 Å². The van der Waals surface area contributed by atoms with Crippen LogP contribution < -0.4 is 5.32 Å². The third-order valence-electron chi connectivity index (χ3n) is 2.19. The summed E-state index contributed by atoms with van der Waals surface area (Å²) < 4.78 is 39.0. The van der Waals surface area contributed by atoms with Crippen LogP contribution in [0.15, 0.2) is 22.0 Å². The molecule has 2 rings (SSSR count).